The first-order valence-corrected chi connectivity index (χ1v) is 18.6. The van der Waals surface area contributed by atoms with Crippen LogP contribution in [-0.2, 0) is 47.1 Å². The van der Waals surface area contributed by atoms with Crippen LogP contribution in [0.2, 0.25) is 0 Å². The summed E-state index contributed by atoms with van der Waals surface area (Å²) in [5.41, 5.74) is 7.59. The minimum absolute atomic E-state index is 0.0319. The Kier molecular flexibility index (Phi) is 13.9. The Morgan fingerprint density at radius 3 is 2.36 bits per heavy atom. The molecular formula is C39H34N7O11P. The van der Waals surface area contributed by atoms with Gasteiger partial charge in [-0.1, -0.05) is 43.2 Å². The summed E-state index contributed by atoms with van der Waals surface area (Å²) in [4.78, 5) is 77.9. The number of anilines is 2. The molecule has 2 heterocycles. The third kappa shape index (κ3) is 11.5. The number of phosphoric ester groups is 1. The summed E-state index contributed by atoms with van der Waals surface area (Å²) in [5.74, 6) is -2.95. The molecule has 1 atom stereocenters. The van der Waals surface area contributed by atoms with Crippen LogP contribution < -0.4 is 26.7 Å². The molecule has 0 aliphatic rings. The first kappa shape index (κ1) is 41.6. The van der Waals surface area contributed by atoms with Gasteiger partial charge in [-0.2, -0.15) is 4.98 Å². The molecule has 5 aromatic rings. The molecule has 0 saturated carbocycles. The number of ketones is 1. The predicted octanol–water partition coefficient (Wildman–Crippen LogP) is 3.78. The maximum atomic E-state index is 13.1. The number of amides is 1. The zero-order chi connectivity index (χ0) is 41.7. The molecule has 0 spiro atoms. The van der Waals surface area contributed by atoms with Gasteiger partial charge in [0.1, 0.15) is 29.8 Å². The Morgan fingerprint density at radius 1 is 0.966 bits per heavy atom. The van der Waals surface area contributed by atoms with Gasteiger partial charge in [-0.05, 0) is 66.4 Å². The van der Waals surface area contributed by atoms with Gasteiger partial charge >= 0.3 is 19.8 Å². The van der Waals surface area contributed by atoms with E-state index in [0.29, 0.717) is 16.9 Å². The lowest BCUT2D eigenvalue weighted by atomic mass is 9.99. The van der Waals surface area contributed by atoms with Crippen LogP contribution in [0.1, 0.15) is 50.4 Å². The Hall–Kier alpha value is -7.53. The monoisotopic (exact) mass is 807 g/mol. The molecule has 3 aromatic carbocycles. The number of terminal acetylenes is 2. The van der Waals surface area contributed by atoms with Crippen molar-refractivity contribution in [2.45, 2.75) is 38.3 Å². The van der Waals surface area contributed by atoms with Crippen molar-refractivity contribution < 1.29 is 47.2 Å². The van der Waals surface area contributed by atoms with Gasteiger partial charge in [0.15, 0.2) is 11.2 Å². The highest BCUT2D eigenvalue weighted by molar-refractivity contribution is 7.48. The molecule has 18 nitrogen and oxygen atoms in total. The number of aromatic amines is 1. The molecule has 19 heteroatoms. The summed E-state index contributed by atoms with van der Waals surface area (Å²) in [6, 6.07) is 17.5. The lowest BCUT2D eigenvalue weighted by molar-refractivity contribution is -0.139. The highest BCUT2D eigenvalue weighted by Gasteiger charge is 2.28. The van der Waals surface area contributed by atoms with Gasteiger partial charge < -0.3 is 35.3 Å². The van der Waals surface area contributed by atoms with Crippen molar-refractivity contribution in [3.05, 3.63) is 117 Å². The van der Waals surface area contributed by atoms with Crippen LogP contribution in [0.3, 0.4) is 0 Å². The van der Waals surface area contributed by atoms with Crippen molar-refractivity contribution in [1.82, 2.24) is 25.3 Å². The first-order valence-electron chi connectivity index (χ1n) is 17.2. The highest BCUT2D eigenvalue weighted by atomic mass is 31.2. The first-order chi connectivity index (χ1) is 27.9. The van der Waals surface area contributed by atoms with Gasteiger partial charge in [-0.15, -0.1) is 0 Å². The Bertz CT molecular complexity index is 2490. The van der Waals surface area contributed by atoms with Crippen molar-refractivity contribution in [2.24, 2.45) is 0 Å². The topological polar surface area (TPSA) is 264 Å². The van der Waals surface area contributed by atoms with Crippen molar-refractivity contribution in [3.8, 4) is 30.8 Å². The van der Waals surface area contributed by atoms with E-state index in [1.165, 1.54) is 36.5 Å². The fraction of sp³-hybridized carbons (Fsp3) is 0.179. The molecule has 0 bridgehead atoms. The molecule has 0 aliphatic carbocycles. The normalized spacial score (nSPS) is 11.3. The number of carboxylic acid groups (broad SMARTS) is 1. The molecule has 5 rings (SSSR count). The lowest BCUT2D eigenvalue weighted by Crippen LogP contribution is -2.41. The second-order valence-electron chi connectivity index (χ2n) is 12.2. The average Bonchev–Trinajstić information content (AvgIpc) is 3.19. The van der Waals surface area contributed by atoms with E-state index in [9.17, 15) is 33.6 Å². The number of nitrogens with one attached hydrogen (secondary N) is 3. The minimum atomic E-state index is -4.10. The number of aromatic nitrogens is 4. The summed E-state index contributed by atoms with van der Waals surface area (Å²) in [6.07, 6.45) is 14.5. The largest absolute Gasteiger partial charge is 0.604 e. The van der Waals surface area contributed by atoms with Crippen LogP contribution in [0.25, 0.3) is 11.2 Å². The lowest BCUT2D eigenvalue weighted by Gasteiger charge is -2.15. The Labute approximate surface area is 330 Å². The van der Waals surface area contributed by atoms with Gasteiger partial charge in [0, 0.05) is 24.1 Å². The maximum Gasteiger partial charge on any atom is 0.604 e. The number of carbonyl (C=O) groups is 4. The quantitative estimate of drug-likeness (QED) is 0.0344. The third-order valence-corrected chi connectivity index (χ3v) is 9.31. The van der Waals surface area contributed by atoms with Crippen LogP contribution in [0.4, 0.5) is 11.6 Å². The summed E-state index contributed by atoms with van der Waals surface area (Å²) in [7, 11) is -4.10. The minimum Gasteiger partial charge on any atom is -0.480 e. The number of carbonyl (C=O) groups excluding carboxylic acids is 3. The van der Waals surface area contributed by atoms with Crippen molar-refractivity contribution in [3.63, 3.8) is 0 Å². The smallest absolute Gasteiger partial charge is 0.480 e. The highest BCUT2D eigenvalue weighted by Crippen LogP contribution is 2.48. The van der Waals surface area contributed by atoms with Crippen LogP contribution in [-0.4, -0.2) is 61.3 Å². The van der Waals surface area contributed by atoms with E-state index in [0.717, 1.165) is 5.56 Å². The van der Waals surface area contributed by atoms with E-state index in [2.05, 4.69) is 39.6 Å². The number of nitrogen functional groups attached to an aromatic ring is 1. The van der Waals surface area contributed by atoms with Crippen LogP contribution in [0.15, 0.2) is 83.8 Å². The number of esters is 1. The number of hydrogen-bond donors (Lipinski definition) is 5. The molecule has 0 fully saturated rings. The number of aliphatic carboxylic acids is 1. The van der Waals surface area contributed by atoms with E-state index < -0.39 is 37.3 Å². The van der Waals surface area contributed by atoms with Gasteiger partial charge in [0.2, 0.25) is 5.95 Å². The molecule has 0 aliphatic heterocycles. The molecule has 0 saturated heterocycles. The SMILES string of the molecule is C#COP(=O)(OC#C)OCCc1ccc(OC(=O)c2ccccc2CC(=O)CC[C@H](NC(=O)c2ccc(NCc3cnc4nc(N)[nH]c(=O)c4n3)cc2)C(=O)O)cc1. The van der Waals surface area contributed by atoms with E-state index in [-0.39, 0.29) is 78.6 Å². The number of carboxylic acids is 1. The van der Waals surface area contributed by atoms with Crippen LogP contribution in [0, 0.1) is 25.1 Å². The number of Topliss-reactive ketones (excluding diaryl/α,β-unsaturated/α-hetero) is 1. The molecule has 296 valence electrons. The van der Waals surface area contributed by atoms with Gasteiger partial charge in [-0.25, -0.2) is 24.1 Å². The summed E-state index contributed by atoms with van der Waals surface area (Å²) in [6.45, 7) is 0.0792. The van der Waals surface area contributed by atoms with E-state index in [1.54, 1.807) is 54.7 Å². The second kappa shape index (κ2) is 19.4. The van der Waals surface area contributed by atoms with Crippen LogP contribution in [0.5, 0.6) is 5.75 Å². The van der Waals surface area contributed by atoms with Crippen molar-refractivity contribution in [1.29, 1.82) is 0 Å². The summed E-state index contributed by atoms with van der Waals surface area (Å²) in [5, 5.41) is 15.3. The second-order valence-corrected chi connectivity index (χ2v) is 13.7. The Balaban J connectivity index is 1.10. The number of phosphoric acid groups is 1. The fourth-order valence-electron chi connectivity index (χ4n) is 5.33. The maximum absolute atomic E-state index is 13.1. The van der Waals surface area contributed by atoms with Gasteiger partial charge in [0.05, 0.1) is 30.6 Å². The van der Waals surface area contributed by atoms with Crippen molar-refractivity contribution in [2.75, 3.05) is 17.7 Å². The van der Waals surface area contributed by atoms with E-state index in [1.807, 2.05) is 0 Å². The number of H-pyrrole nitrogens is 1. The number of fused-ring (bicyclic) bond motifs is 1. The number of nitrogens with two attached hydrogens (primary N) is 1. The third-order valence-electron chi connectivity index (χ3n) is 8.15. The zero-order valence-electron chi connectivity index (χ0n) is 30.4. The number of rotatable bonds is 19. The predicted molar refractivity (Wildman–Crippen MR) is 208 cm³/mol. The van der Waals surface area contributed by atoms with Crippen molar-refractivity contribution >= 4 is 54.3 Å². The number of hydrogen-bond acceptors (Lipinski definition) is 15. The fourth-order valence-corrected chi connectivity index (χ4v) is 6.04. The standard InChI is InChI=1S/C39H34N7O11P/c1-3-54-58(53,55-4-2)56-20-19-24-9-16-30(17-10-24)57-38(52)31-8-6-5-7-26(31)21-29(47)15-18-32(37(50)51)44-35(48)25-11-13-27(14-12-25)41-22-28-23-42-34-33(43-28)36(49)46-39(40)45-34/h1-2,5-14,16-17,23,32,41H,15,18-22H2,(H,44,48)(H,50,51)(H3,40,42,45,46,49)/t32-/m0/s1. The number of benzene rings is 3. The van der Waals surface area contributed by atoms with Gasteiger partial charge in [-0.3, -0.25) is 23.9 Å². The molecule has 2 aromatic heterocycles. The number of ether oxygens (including phenoxy) is 1. The zero-order valence-corrected chi connectivity index (χ0v) is 31.3. The molecule has 1 amide bonds. The molecular weight excluding hydrogens is 773 g/mol. The molecule has 58 heavy (non-hydrogen) atoms. The van der Waals surface area contributed by atoms with E-state index in [4.69, 9.17) is 27.8 Å². The van der Waals surface area contributed by atoms with Gasteiger partial charge in [0.25, 0.3) is 11.5 Å². The summed E-state index contributed by atoms with van der Waals surface area (Å²) >= 11 is 0. The number of nitrogens with zero attached hydrogens (tertiary/aromatic N) is 3. The Morgan fingerprint density at radius 2 is 1.67 bits per heavy atom. The van der Waals surface area contributed by atoms with Crippen LogP contribution >= 0.6 is 7.82 Å². The molecule has 6 N–H and O–H groups in total. The summed E-state index contributed by atoms with van der Waals surface area (Å²) < 4.78 is 31.8. The molecule has 0 radical (unpaired) electrons. The van der Waals surface area contributed by atoms with E-state index >= 15 is 0 Å². The average molecular weight is 808 g/mol. The molecule has 0 unspecified atom stereocenters.